The van der Waals surface area contributed by atoms with Gasteiger partial charge in [-0.05, 0) is 36.6 Å². The number of aromatic nitrogens is 3. The van der Waals surface area contributed by atoms with E-state index in [0.29, 0.717) is 0 Å². The van der Waals surface area contributed by atoms with Crippen LogP contribution in [0.4, 0.5) is 5.69 Å². The van der Waals surface area contributed by atoms with Crippen LogP contribution in [-0.2, 0) is 11.2 Å². The minimum absolute atomic E-state index is 0.118. The Morgan fingerprint density at radius 1 is 1.00 bits per heavy atom. The summed E-state index contributed by atoms with van der Waals surface area (Å²) in [4.78, 5) is 27.9. The van der Waals surface area contributed by atoms with Crippen molar-refractivity contribution < 1.29 is 9.59 Å². The molecule has 1 aliphatic rings. The fraction of sp³-hybridized carbons (Fsp3) is 0.200. The van der Waals surface area contributed by atoms with Crippen molar-refractivity contribution in [1.29, 1.82) is 0 Å². The molecule has 8 nitrogen and oxygen atoms in total. The molecule has 28 heavy (non-hydrogen) atoms. The summed E-state index contributed by atoms with van der Waals surface area (Å²) in [6.45, 7) is 0.984. The first-order chi connectivity index (χ1) is 13.7. The fourth-order valence-corrected chi connectivity index (χ4v) is 3.23. The Kier molecular flexibility index (Phi) is 5.01. The van der Waals surface area contributed by atoms with Crippen molar-refractivity contribution >= 4 is 17.5 Å². The number of hydrogen-bond acceptors (Lipinski definition) is 5. The summed E-state index contributed by atoms with van der Waals surface area (Å²) in [5.74, 6) is -0.810. The minimum atomic E-state index is -0.519. The SMILES string of the molecule is O=C(CN1CCCc2ccccc21)NNC(=O)c1cnn(-c2ccccc2)n1. The molecule has 3 aromatic rings. The summed E-state index contributed by atoms with van der Waals surface area (Å²) in [6, 6.07) is 17.3. The van der Waals surface area contributed by atoms with Gasteiger partial charge in [-0.15, -0.1) is 5.10 Å². The fourth-order valence-electron chi connectivity index (χ4n) is 3.23. The van der Waals surface area contributed by atoms with Crippen LogP contribution in [0.5, 0.6) is 0 Å². The molecule has 0 saturated carbocycles. The average molecular weight is 376 g/mol. The highest BCUT2D eigenvalue weighted by Crippen LogP contribution is 2.26. The van der Waals surface area contributed by atoms with Gasteiger partial charge in [-0.25, -0.2) is 0 Å². The third-order valence-electron chi connectivity index (χ3n) is 4.57. The molecule has 2 heterocycles. The van der Waals surface area contributed by atoms with Crippen LogP contribution < -0.4 is 15.8 Å². The molecule has 1 aliphatic heterocycles. The van der Waals surface area contributed by atoms with Gasteiger partial charge in [0.25, 0.3) is 11.8 Å². The number of carbonyl (C=O) groups excluding carboxylic acids is 2. The van der Waals surface area contributed by atoms with Gasteiger partial charge >= 0.3 is 0 Å². The Bertz CT molecular complexity index is 985. The topological polar surface area (TPSA) is 92.2 Å². The predicted molar refractivity (Wildman–Crippen MR) is 104 cm³/mol. The van der Waals surface area contributed by atoms with Gasteiger partial charge in [0.1, 0.15) is 0 Å². The van der Waals surface area contributed by atoms with Crippen LogP contribution in [0.3, 0.4) is 0 Å². The van der Waals surface area contributed by atoms with Crippen molar-refractivity contribution in [3.63, 3.8) is 0 Å². The first-order valence-corrected chi connectivity index (χ1v) is 9.10. The number of hydrogen-bond donors (Lipinski definition) is 2. The third-order valence-corrected chi connectivity index (χ3v) is 4.57. The zero-order valence-corrected chi connectivity index (χ0v) is 15.2. The van der Waals surface area contributed by atoms with Crippen LogP contribution in [0.15, 0.2) is 60.8 Å². The highest BCUT2D eigenvalue weighted by molar-refractivity contribution is 5.93. The van der Waals surface area contributed by atoms with E-state index >= 15 is 0 Å². The number of aryl methyl sites for hydroxylation is 1. The normalized spacial score (nSPS) is 12.9. The first-order valence-electron chi connectivity index (χ1n) is 9.10. The highest BCUT2D eigenvalue weighted by atomic mass is 16.2. The van der Waals surface area contributed by atoms with Crippen LogP contribution in [-0.4, -0.2) is 39.9 Å². The lowest BCUT2D eigenvalue weighted by Gasteiger charge is -2.30. The number of para-hydroxylation sites is 2. The maximum atomic E-state index is 12.3. The molecule has 0 bridgehead atoms. The van der Waals surface area contributed by atoms with Crippen molar-refractivity contribution in [2.24, 2.45) is 0 Å². The quantitative estimate of drug-likeness (QED) is 0.673. The Morgan fingerprint density at radius 3 is 2.64 bits per heavy atom. The zero-order valence-electron chi connectivity index (χ0n) is 15.2. The Morgan fingerprint density at radius 2 is 1.79 bits per heavy atom. The number of carbonyl (C=O) groups is 2. The van der Waals surface area contributed by atoms with Crippen LogP contribution in [0.1, 0.15) is 22.5 Å². The number of benzene rings is 2. The molecule has 2 N–H and O–H groups in total. The molecule has 2 amide bonds. The van der Waals surface area contributed by atoms with E-state index in [2.05, 4.69) is 27.1 Å². The van der Waals surface area contributed by atoms with Gasteiger partial charge < -0.3 is 4.90 Å². The van der Waals surface area contributed by atoms with Crippen molar-refractivity contribution in [3.05, 3.63) is 72.1 Å². The number of rotatable bonds is 4. The standard InChI is InChI=1S/C20H20N6O2/c27-19(14-25-12-6-8-15-7-4-5-11-18(15)25)22-23-20(28)17-13-21-26(24-17)16-9-2-1-3-10-16/h1-5,7,9-11,13H,6,8,12,14H2,(H,22,27)(H,23,28). The molecule has 0 unspecified atom stereocenters. The van der Waals surface area contributed by atoms with Crippen LogP contribution >= 0.6 is 0 Å². The molecule has 2 aromatic carbocycles. The molecule has 142 valence electrons. The van der Waals surface area contributed by atoms with Gasteiger partial charge in [0.15, 0.2) is 5.69 Å². The number of hydrazine groups is 1. The number of fused-ring (bicyclic) bond motifs is 1. The second kappa shape index (κ2) is 7.91. The molecule has 1 aromatic heterocycles. The summed E-state index contributed by atoms with van der Waals surface area (Å²) >= 11 is 0. The van der Waals surface area contributed by atoms with Crippen LogP contribution in [0.25, 0.3) is 5.69 Å². The van der Waals surface area contributed by atoms with Gasteiger partial charge in [-0.2, -0.15) is 9.90 Å². The van der Waals surface area contributed by atoms with Crippen molar-refractivity contribution in [2.75, 3.05) is 18.0 Å². The average Bonchev–Trinajstić information content (AvgIpc) is 3.23. The van der Waals surface area contributed by atoms with E-state index in [9.17, 15) is 9.59 Å². The van der Waals surface area contributed by atoms with Gasteiger partial charge in [-0.3, -0.25) is 20.4 Å². The second-order valence-corrected chi connectivity index (χ2v) is 6.51. The van der Waals surface area contributed by atoms with Crippen molar-refractivity contribution in [2.45, 2.75) is 12.8 Å². The first kappa shape index (κ1) is 17.7. The maximum Gasteiger partial charge on any atom is 0.291 e. The molecule has 0 saturated heterocycles. The van der Waals surface area contributed by atoms with E-state index in [1.54, 1.807) is 0 Å². The van der Waals surface area contributed by atoms with E-state index in [-0.39, 0.29) is 18.1 Å². The molecule has 0 spiro atoms. The Balaban J connectivity index is 1.33. The van der Waals surface area contributed by atoms with E-state index in [4.69, 9.17) is 0 Å². The summed E-state index contributed by atoms with van der Waals surface area (Å²) in [5, 5.41) is 8.21. The molecule has 8 heteroatoms. The lowest BCUT2D eigenvalue weighted by molar-refractivity contribution is -0.120. The molecule has 0 aliphatic carbocycles. The number of nitrogens with zero attached hydrogens (tertiary/aromatic N) is 4. The van der Waals surface area contributed by atoms with Gasteiger partial charge in [0, 0.05) is 12.2 Å². The van der Waals surface area contributed by atoms with Gasteiger partial charge in [-0.1, -0.05) is 36.4 Å². The molecular formula is C20H20N6O2. The summed E-state index contributed by atoms with van der Waals surface area (Å²) in [7, 11) is 0. The lowest BCUT2D eigenvalue weighted by atomic mass is 10.0. The number of amides is 2. The predicted octanol–water partition coefficient (Wildman–Crippen LogP) is 1.48. The second-order valence-electron chi connectivity index (χ2n) is 6.51. The van der Waals surface area contributed by atoms with E-state index in [1.807, 2.05) is 53.4 Å². The minimum Gasteiger partial charge on any atom is -0.362 e. The Labute approximate surface area is 162 Å². The van der Waals surface area contributed by atoms with Crippen molar-refractivity contribution in [1.82, 2.24) is 25.8 Å². The highest BCUT2D eigenvalue weighted by Gasteiger charge is 2.19. The summed E-state index contributed by atoms with van der Waals surface area (Å²) in [6.07, 6.45) is 3.37. The maximum absolute atomic E-state index is 12.3. The van der Waals surface area contributed by atoms with Crippen LogP contribution in [0, 0.1) is 0 Å². The lowest BCUT2D eigenvalue weighted by Crippen LogP contribution is -2.47. The largest absolute Gasteiger partial charge is 0.362 e. The molecule has 0 radical (unpaired) electrons. The molecular weight excluding hydrogens is 356 g/mol. The van der Waals surface area contributed by atoms with Crippen LogP contribution in [0.2, 0.25) is 0 Å². The third kappa shape index (κ3) is 3.85. The summed E-state index contributed by atoms with van der Waals surface area (Å²) < 4.78 is 0. The molecule has 0 fully saturated rings. The van der Waals surface area contributed by atoms with Crippen molar-refractivity contribution in [3.8, 4) is 5.69 Å². The number of nitrogens with one attached hydrogen (secondary N) is 2. The van der Waals surface area contributed by atoms with E-state index in [1.165, 1.54) is 16.6 Å². The smallest absolute Gasteiger partial charge is 0.291 e. The zero-order chi connectivity index (χ0) is 19.3. The Hall–Kier alpha value is -3.68. The number of anilines is 1. The van der Waals surface area contributed by atoms with Gasteiger partial charge in [0.05, 0.1) is 18.4 Å². The van der Waals surface area contributed by atoms with E-state index < -0.39 is 5.91 Å². The molecule has 0 atom stereocenters. The summed E-state index contributed by atoms with van der Waals surface area (Å²) in [5.41, 5.74) is 8.02. The molecule has 4 rings (SSSR count). The van der Waals surface area contributed by atoms with Gasteiger partial charge in [0.2, 0.25) is 0 Å². The monoisotopic (exact) mass is 376 g/mol. The van der Waals surface area contributed by atoms with E-state index in [0.717, 1.165) is 30.8 Å².